The second-order valence-corrected chi connectivity index (χ2v) is 6.10. The number of imidazole rings is 1. The van der Waals surface area contributed by atoms with Crippen LogP contribution in [0.15, 0.2) is 41.3 Å². The Morgan fingerprint density at radius 2 is 2.25 bits per heavy atom. The maximum absolute atomic E-state index is 14.8. The Hall–Kier alpha value is -2.16. The molecule has 0 fully saturated rings. The zero-order valence-electron chi connectivity index (χ0n) is 12.3. The molecule has 0 radical (unpaired) electrons. The smallest absolute Gasteiger partial charge is 0.278 e. The van der Waals surface area contributed by atoms with Crippen LogP contribution in [-0.4, -0.2) is 22.4 Å². The van der Waals surface area contributed by atoms with E-state index in [1.165, 1.54) is 23.9 Å². The predicted molar refractivity (Wildman–Crippen MR) is 92.1 cm³/mol. The van der Waals surface area contributed by atoms with Crippen LogP contribution in [0.5, 0.6) is 0 Å². The van der Waals surface area contributed by atoms with Crippen molar-refractivity contribution in [3.05, 3.63) is 57.7 Å². The molecule has 2 heterocycles. The fourth-order valence-electron chi connectivity index (χ4n) is 2.19. The number of pyridine rings is 1. The van der Waals surface area contributed by atoms with Crippen LogP contribution in [0.3, 0.4) is 0 Å². The van der Waals surface area contributed by atoms with Crippen molar-refractivity contribution in [3.8, 4) is 0 Å². The Kier molecular flexibility index (Phi) is 4.70. The standard InChI is InChI=1S/C15H11BrClFN4O2/c1-24-21-15(23)9-7-22-5-4-19-14(22)12(18)13(9)20-11-3-2-8(16)6-10(11)17/h2-7,20H,1H3,(H,21,23). The van der Waals surface area contributed by atoms with Crippen molar-refractivity contribution in [1.29, 1.82) is 0 Å². The maximum atomic E-state index is 14.8. The van der Waals surface area contributed by atoms with Crippen molar-refractivity contribution in [2.45, 2.75) is 0 Å². The minimum absolute atomic E-state index is 0.0406. The molecule has 0 unspecified atom stereocenters. The van der Waals surface area contributed by atoms with Gasteiger partial charge in [-0.1, -0.05) is 27.5 Å². The number of rotatable bonds is 4. The molecule has 0 bridgehead atoms. The summed E-state index contributed by atoms with van der Waals surface area (Å²) in [6.45, 7) is 0. The monoisotopic (exact) mass is 412 g/mol. The largest absolute Gasteiger partial charge is 0.351 e. The van der Waals surface area contributed by atoms with E-state index in [2.05, 4.69) is 36.5 Å². The zero-order chi connectivity index (χ0) is 17.3. The molecule has 9 heteroatoms. The molecule has 6 nitrogen and oxygen atoms in total. The van der Waals surface area contributed by atoms with Gasteiger partial charge in [0.05, 0.1) is 29.1 Å². The first-order valence-corrected chi connectivity index (χ1v) is 7.89. The minimum atomic E-state index is -0.678. The lowest BCUT2D eigenvalue weighted by molar-refractivity contribution is 0.0538. The number of hydrogen-bond acceptors (Lipinski definition) is 4. The van der Waals surface area contributed by atoms with E-state index >= 15 is 0 Å². The van der Waals surface area contributed by atoms with Crippen LogP contribution in [0, 0.1) is 5.82 Å². The van der Waals surface area contributed by atoms with Crippen LogP contribution >= 0.6 is 27.5 Å². The highest BCUT2D eigenvalue weighted by Crippen LogP contribution is 2.32. The number of hydrogen-bond donors (Lipinski definition) is 2. The van der Waals surface area contributed by atoms with E-state index in [1.54, 1.807) is 24.4 Å². The summed E-state index contributed by atoms with van der Waals surface area (Å²) in [7, 11) is 1.29. The molecule has 0 saturated heterocycles. The van der Waals surface area contributed by atoms with E-state index < -0.39 is 11.7 Å². The second-order valence-electron chi connectivity index (χ2n) is 4.77. The van der Waals surface area contributed by atoms with Crippen molar-refractivity contribution in [1.82, 2.24) is 14.9 Å². The van der Waals surface area contributed by atoms with Gasteiger partial charge in [-0.05, 0) is 18.2 Å². The molecule has 2 N–H and O–H groups in total. The number of fused-ring (bicyclic) bond motifs is 1. The first-order valence-electron chi connectivity index (χ1n) is 6.72. The number of nitrogens with zero attached hydrogens (tertiary/aromatic N) is 2. The van der Waals surface area contributed by atoms with Crippen LogP contribution < -0.4 is 10.8 Å². The highest BCUT2D eigenvalue weighted by atomic mass is 79.9. The van der Waals surface area contributed by atoms with Crippen molar-refractivity contribution >= 4 is 50.5 Å². The van der Waals surface area contributed by atoms with E-state index in [1.807, 2.05) is 0 Å². The van der Waals surface area contributed by atoms with Gasteiger partial charge in [-0.2, -0.15) is 0 Å². The number of hydroxylamine groups is 1. The molecule has 2 aromatic heterocycles. The number of carbonyl (C=O) groups excluding carboxylic acids is 1. The average molecular weight is 414 g/mol. The molecule has 0 aliphatic carbocycles. The lowest BCUT2D eigenvalue weighted by Gasteiger charge is -2.15. The number of aromatic nitrogens is 2. The minimum Gasteiger partial charge on any atom is -0.351 e. The molecule has 0 aliphatic heterocycles. The van der Waals surface area contributed by atoms with Crippen molar-refractivity contribution in [3.63, 3.8) is 0 Å². The van der Waals surface area contributed by atoms with Gasteiger partial charge in [0.15, 0.2) is 11.5 Å². The first-order chi connectivity index (χ1) is 11.5. The molecule has 24 heavy (non-hydrogen) atoms. The molecular formula is C15H11BrClFN4O2. The summed E-state index contributed by atoms with van der Waals surface area (Å²) in [5, 5.41) is 3.23. The molecule has 3 aromatic rings. The topological polar surface area (TPSA) is 67.7 Å². The Labute approximate surface area is 149 Å². The molecule has 0 atom stereocenters. The number of nitrogens with one attached hydrogen (secondary N) is 2. The molecular weight excluding hydrogens is 403 g/mol. The highest BCUT2D eigenvalue weighted by molar-refractivity contribution is 9.10. The Bertz CT molecular complexity index is 931. The van der Waals surface area contributed by atoms with Gasteiger partial charge in [0.25, 0.3) is 5.91 Å². The number of anilines is 2. The normalized spacial score (nSPS) is 10.8. The summed E-state index contributed by atoms with van der Waals surface area (Å²) < 4.78 is 17.0. The summed E-state index contributed by atoms with van der Waals surface area (Å²) in [5.41, 5.74) is 2.70. The molecule has 124 valence electrons. The van der Waals surface area contributed by atoms with Gasteiger partial charge in [-0.15, -0.1) is 0 Å². The Balaban J connectivity index is 2.15. The van der Waals surface area contributed by atoms with Gasteiger partial charge in [0, 0.05) is 23.1 Å². The summed E-state index contributed by atoms with van der Waals surface area (Å²) in [5.74, 6) is -1.29. The Morgan fingerprint density at radius 1 is 1.46 bits per heavy atom. The first kappa shape index (κ1) is 16.7. The second kappa shape index (κ2) is 6.76. The van der Waals surface area contributed by atoms with Gasteiger partial charge < -0.3 is 9.72 Å². The third kappa shape index (κ3) is 3.08. The number of carbonyl (C=O) groups is 1. The Morgan fingerprint density at radius 3 is 2.96 bits per heavy atom. The van der Waals surface area contributed by atoms with Crippen molar-refractivity contribution in [2.75, 3.05) is 12.4 Å². The van der Waals surface area contributed by atoms with Crippen LogP contribution in [-0.2, 0) is 4.84 Å². The SMILES string of the molecule is CONC(=O)c1cn2ccnc2c(F)c1Nc1ccc(Br)cc1Cl. The fraction of sp³-hybridized carbons (Fsp3) is 0.0667. The van der Waals surface area contributed by atoms with Gasteiger partial charge in [0.1, 0.15) is 0 Å². The third-order valence-electron chi connectivity index (χ3n) is 3.25. The van der Waals surface area contributed by atoms with Crippen LogP contribution in [0.25, 0.3) is 5.65 Å². The summed E-state index contributed by atoms with van der Waals surface area (Å²) in [6.07, 6.45) is 4.43. The van der Waals surface area contributed by atoms with Gasteiger partial charge in [0.2, 0.25) is 0 Å². The molecule has 0 spiro atoms. The summed E-state index contributed by atoms with van der Waals surface area (Å²) in [4.78, 5) is 20.8. The molecule has 0 aliphatic rings. The lowest BCUT2D eigenvalue weighted by atomic mass is 10.2. The summed E-state index contributed by atoms with van der Waals surface area (Å²) in [6, 6.07) is 5.07. The quantitative estimate of drug-likeness (QED) is 0.636. The number of halogens is 3. The molecule has 1 amide bonds. The average Bonchev–Trinajstić information content (AvgIpc) is 3.01. The third-order valence-corrected chi connectivity index (χ3v) is 4.06. The predicted octanol–water partition coefficient (Wildman–Crippen LogP) is 3.92. The number of amides is 1. The molecule has 0 saturated carbocycles. The summed E-state index contributed by atoms with van der Waals surface area (Å²) >= 11 is 9.46. The zero-order valence-corrected chi connectivity index (χ0v) is 14.7. The van der Waals surface area contributed by atoms with Gasteiger partial charge in [-0.3, -0.25) is 9.63 Å². The van der Waals surface area contributed by atoms with E-state index in [0.717, 1.165) is 4.47 Å². The lowest BCUT2D eigenvalue weighted by Crippen LogP contribution is -2.24. The van der Waals surface area contributed by atoms with E-state index in [-0.39, 0.29) is 16.9 Å². The highest BCUT2D eigenvalue weighted by Gasteiger charge is 2.21. The molecule has 3 rings (SSSR count). The molecule has 1 aromatic carbocycles. The van der Waals surface area contributed by atoms with E-state index in [0.29, 0.717) is 10.7 Å². The number of benzene rings is 1. The van der Waals surface area contributed by atoms with Crippen molar-refractivity contribution in [2.24, 2.45) is 0 Å². The van der Waals surface area contributed by atoms with Crippen LogP contribution in [0.4, 0.5) is 15.8 Å². The van der Waals surface area contributed by atoms with Crippen LogP contribution in [0.1, 0.15) is 10.4 Å². The van der Waals surface area contributed by atoms with E-state index in [9.17, 15) is 9.18 Å². The fourth-order valence-corrected chi connectivity index (χ4v) is 2.91. The van der Waals surface area contributed by atoms with Gasteiger partial charge >= 0.3 is 0 Å². The van der Waals surface area contributed by atoms with Gasteiger partial charge in [-0.25, -0.2) is 14.9 Å². The van der Waals surface area contributed by atoms with Crippen LogP contribution in [0.2, 0.25) is 5.02 Å². The maximum Gasteiger partial charge on any atom is 0.278 e. The van der Waals surface area contributed by atoms with Crippen molar-refractivity contribution < 1.29 is 14.0 Å². The van der Waals surface area contributed by atoms with E-state index in [4.69, 9.17) is 11.6 Å².